The number of carbonyl (C=O) groups is 2. The maximum atomic E-state index is 14.6. The number of unbranched alkanes of at least 4 members (excludes halogenated alkanes) is 2. The number of anilines is 1. The highest BCUT2D eigenvalue weighted by molar-refractivity contribution is 6.03. The van der Waals surface area contributed by atoms with Crippen LogP contribution in [0.4, 0.5) is 15.3 Å². The molecule has 3 aromatic rings. The number of methoxy groups -OCH3 is 2. The molecule has 6 atom stereocenters. The highest BCUT2D eigenvalue weighted by Crippen LogP contribution is 2.62. The van der Waals surface area contributed by atoms with Crippen LogP contribution in [0.5, 0.6) is 23.0 Å². The number of nitrogens with one attached hydrogen (secondary N) is 1. The van der Waals surface area contributed by atoms with Crippen LogP contribution in [-0.4, -0.2) is 130 Å². The number of allylic oxidation sites excluding steroid dienone is 1. The summed E-state index contributed by atoms with van der Waals surface area (Å²) in [5.74, 6) is -1.09. The Morgan fingerprint density at radius 3 is 2.41 bits per heavy atom. The summed E-state index contributed by atoms with van der Waals surface area (Å²) < 4.78 is 48.7. The summed E-state index contributed by atoms with van der Waals surface area (Å²) >= 11 is 0. The van der Waals surface area contributed by atoms with Crippen molar-refractivity contribution < 1.29 is 67.6 Å². The lowest BCUT2D eigenvalue weighted by Crippen LogP contribution is -2.70. The number of rotatable bonds is 28. The molecular formula is C52H69N3O14. The van der Waals surface area contributed by atoms with E-state index in [1.807, 2.05) is 43.3 Å². The van der Waals surface area contributed by atoms with E-state index in [0.29, 0.717) is 60.9 Å². The van der Waals surface area contributed by atoms with E-state index < -0.39 is 35.9 Å². The first-order chi connectivity index (χ1) is 33.7. The highest BCUT2D eigenvalue weighted by atomic mass is 16.7. The largest absolute Gasteiger partial charge is 0.497 e. The van der Waals surface area contributed by atoms with Crippen LogP contribution in [0.25, 0.3) is 0 Å². The van der Waals surface area contributed by atoms with Crippen molar-refractivity contribution in [2.24, 2.45) is 22.9 Å². The summed E-state index contributed by atoms with van der Waals surface area (Å²) in [5, 5.41) is 37.0. The zero-order valence-electron chi connectivity index (χ0n) is 40.1. The molecule has 1 saturated carbocycles. The van der Waals surface area contributed by atoms with Crippen LogP contribution in [0.1, 0.15) is 68.9 Å². The number of ether oxygens (including phenoxy) is 8. The molecule has 17 nitrogen and oxygen atoms in total. The van der Waals surface area contributed by atoms with Gasteiger partial charge in [-0.1, -0.05) is 60.5 Å². The van der Waals surface area contributed by atoms with Crippen molar-refractivity contribution >= 4 is 23.6 Å². The maximum Gasteiger partial charge on any atom is 0.417 e. The number of aliphatic hydroxyl groups is 3. The lowest BCUT2D eigenvalue weighted by Gasteiger charge is -2.59. The first-order valence-electron chi connectivity index (χ1n) is 23.9. The van der Waals surface area contributed by atoms with E-state index in [1.54, 1.807) is 41.3 Å². The molecule has 3 aliphatic rings. The number of nitrogens with zero attached hydrogens (tertiary/aromatic N) is 2. The fraction of sp³-hybridized carbons (Fsp3) is 0.519. The second-order valence-electron chi connectivity index (χ2n) is 17.0. The summed E-state index contributed by atoms with van der Waals surface area (Å²) in [6.07, 6.45) is 6.69. The SMILES string of the molecule is C=CCO[C@@]12Oc3ccc(OC(=O)Nc4ccc(OC)cc4OC)cc3[C@H]3[C@H](CCCCO)[C@@H](CCCCO)C=C(C(=NOCC)C[C@@H]1N(CCOCCO)C(=O)OCCOCc1ccccc1)[C@H]32. The molecule has 4 N–H and O–H groups in total. The Hall–Kier alpha value is -5.69. The number of amides is 2. The molecule has 0 bridgehead atoms. The van der Waals surface area contributed by atoms with Crippen molar-refractivity contribution in [2.75, 3.05) is 85.5 Å². The van der Waals surface area contributed by atoms with Crippen molar-refractivity contribution in [1.82, 2.24) is 4.90 Å². The minimum absolute atomic E-state index is 0.0230. The van der Waals surface area contributed by atoms with Gasteiger partial charge in [0.1, 0.15) is 42.3 Å². The Morgan fingerprint density at radius 1 is 0.899 bits per heavy atom. The van der Waals surface area contributed by atoms with Crippen molar-refractivity contribution in [3.8, 4) is 23.0 Å². The highest BCUT2D eigenvalue weighted by Gasteiger charge is 2.65. The molecule has 1 aliphatic heterocycles. The van der Waals surface area contributed by atoms with Gasteiger partial charge in [-0.25, -0.2) is 9.59 Å². The first kappa shape index (κ1) is 52.7. The molecule has 3 aromatic carbocycles. The van der Waals surface area contributed by atoms with Gasteiger partial charge in [-0.3, -0.25) is 10.2 Å². The predicted molar refractivity (Wildman–Crippen MR) is 258 cm³/mol. The molecule has 0 radical (unpaired) electrons. The van der Waals surface area contributed by atoms with E-state index in [1.165, 1.54) is 14.2 Å². The molecule has 69 heavy (non-hydrogen) atoms. The smallest absolute Gasteiger partial charge is 0.417 e. The van der Waals surface area contributed by atoms with E-state index in [9.17, 15) is 24.9 Å². The van der Waals surface area contributed by atoms with Crippen molar-refractivity contribution in [3.05, 3.63) is 102 Å². The Bertz CT molecular complexity index is 2170. The number of fused-ring (bicyclic) bond motifs is 2. The van der Waals surface area contributed by atoms with E-state index in [4.69, 9.17) is 47.9 Å². The molecule has 0 saturated heterocycles. The van der Waals surface area contributed by atoms with Gasteiger partial charge in [-0.05, 0) is 85.9 Å². The van der Waals surface area contributed by atoms with Gasteiger partial charge in [-0.2, -0.15) is 0 Å². The molecule has 6 rings (SSSR count). The number of aliphatic hydroxyl groups excluding tert-OH is 3. The Kier molecular flexibility index (Phi) is 20.5. The average molecular weight is 960 g/mol. The second-order valence-corrected chi connectivity index (χ2v) is 17.0. The molecular weight excluding hydrogens is 891 g/mol. The molecule has 0 unspecified atom stereocenters. The van der Waals surface area contributed by atoms with Crippen LogP contribution in [0.3, 0.4) is 0 Å². The van der Waals surface area contributed by atoms with Crippen molar-refractivity contribution in [1.29, 1.82) is 0 Å². The van der Waals surface area contributed by atoms with E-state index in [-0.39, 0.29) is 90.0 Å². The van der Waals surface area contributed by atoms with Crippen LogP contribution >= 0.6 is 0 Å². The average Bonchev–Trinajstić information content (AvgIpc) is 3.36. The molecule has 2 aliphatic carbocycles. The first-order valence-corrected chi connectivity index (χ1v) is 23.9. The Labute approximate surface area is 404 Å². The Balaban J connectivity index is 1.46. The summed E-state index contributed by atoms with van der Waals surface area (Å²) in [4.78, 5) is 35.7. The topological polar surface area (TPSA) is 206 Å². The molecule has 17 heteroatoms. The Morgan fingerprint density at radius 2 is 1.68 bits per heavy atom. The van der Waals surface area contributed by atoms with Gasteiger partial charge in [-0.15, -0.1) is 6.58 Å². The molecule has 0 aromatic heterocycles. The van der Waals surface area contributed by atoms with Gasteiger partial charge in [0.15, 0.2) is 0 Å². The summed E-state index contributed by atoms with van der Waals surface area (Å²) in [6.45, 7) is 6.63. The van der Waals surface area contributed by atoms with E-state index >= 15 is 0 Å². The van der Waals surface area contributed by atoms with Gasteiger partial charge >= 0.3 is 12.2 Å². The second kappa shape index (κ2) is 26.9. The lowest BCUT2D eigenvalue weighted by molar-refractivity contribution is -0.256. The summed E-state index contributed by atoms with van der Waals surface area (Å²) in [7, 11) is 3.03. The van der Waals surface area contributed by atoms with Crippen molar-refractivity contribution in [2.45, 2.75) is 76.2 Å². The van der Waals surface area contributed by atoms with Crippen LogP contribution in [0.15, 0.2) is 96.2 Å². The minimum atomic E-state index is -1.58. The maximum absolute atomic E-state index is 14.6. The minimum Gasteiger partial charge on any atom is -0.497 e. The molecule has 2 amide bonds. The van der Waals surface area contributed by atoms with Crippen molar-refractivity contribution in [3.63, 3.8) is 0 Å². The molecule has 0 spiro atoms. The zero-order chi connectivity index (χ0) is 49.0. The standard InChI is InChI=1S/C52H69N3O14/c1-5-26-66-52-47(55(22-27-63-28-25-58)51(60)65-30-29-64-35-36-14-8-7-9-15-36)34-44(54-67-6-2)41-31-37(16-10-12-23-56)40(17-11-13-24-57)48(49(41)52)42-32-39(19-21-45(42)69-52)68-50(59)53-43-20-18-38(61-3)33-46(43)62-4/h5,7-9,14-15,18-21,31-33,37,40,47-49,56-58H,1,6,10-13,16-17,22-30,34-35H2,2-4H3,(H,53,59)/t37-,40+,47-,48+,49+,52+/m0/s1. The van der Waals surface area contributed by atoms with E-state index in [2.05, 4.69) is 18.0 Å². The van der Waals surface area contributed by atoms with Gasteiger partial charge in [0.2, 0.25) is 5.79 Å². The summed E-state index contributed by atoms with van der Waals surface area (Å²) in [5.41, 5.74) is 3.55. The fourth-order valence-corrected chi connectivity index (χ4v) is 9.74. The third-order valence-corrected chi connectivity index (χ3v) is 12.7. The van der Waals surface area contributed by atoms with E-state index in [0.717, 1.165) is 29.5 Å². The molecule has 376 valence electrons. The number of carbonyl (C=O) groups excluding carboxylic acids is 2. The number of hydrogen-bond donors (Lipinski definition) is 4. The predicted octanol–water partition coefficient (Wildman–Crippen LogP) is 7.63. The molecule has 1 fully saturated rings. The third kappa shape index (κ3) is 13.3. The van der Waals surface area contributed by atoms with Gasteiger partial charge < -0.3 is 58.1 Å². The van der Waals surface area contributed by atoms with Crippen LogP contribution in [0, 0.1) is 17.8 Å². The van der Waals surface area contributed by atoms with Gasteiger partial charge in [0.05, 0.1) is 71.2 Å². The van der Waals surface area contributed by atoms with Gasteiger partial charge in [0, 0.05) is 43.7 Å². The zero-order valence-corrected chi connectivity index (χ0v) is 40.1. The normalized spacial score (nSPS) is 21.7. The van der Waals surface area contributed by atoms with Crippen LogP contribution in [0.2, 0.25) is 0 Å². The number of hydrogen-bond acceptors (Lipinski definition) is 15. The van der Waals surface area contributed by atoms with Crippen LogP contribution < -0.4 is 24.3 Å². The number of benzene rings is 3. The molecule has 1 heterocycles. The fourth-order valence-electron chi connectivity index (χ4n) is 9.74. The van der Waals surface area contributed by atoms with Gasteiger partial charge in [0.25, 0.3) is 0 Å². The quantitative estimate of drug-likeness (QED) is 0.0314. The third-order valence-electron chi connectivity index (χ3n) is 12.7. The number of oxime groups is 1. The summed E-state index contributed by atoms with van der Waals surface area (Å²) in [6, 6.07) is 19.0. The van der Waals surface area contributed by atoms with Crippen LogP contribution in [-0.2, 0) is 30.4 Å². The monoisotopic (exact) mass is 959 g/mol. The lowest BCUT2D eigenvalue weighted by atomic mass is 9.55.